The van der Waals surface area contributed by atoms with Crippen LogP contribution in [0, 0.1) is 23.2 Å². The second-order valence-electron chi connectivity index (χ2n) is 6.76. The highest BCUT2D eigenvalue weighted by Crippen LogP contribution is 2.38. The van der Waals surface area contributed by atoms with Gasteiger partial charge in [0.1, 0.15) is 0 Å². The molecule has 142 valence electrons. The van der Waals surface area contributed by atoms with Crippen molar-refractivity contribution in [1.29, 1.82) is 5.26 Å². The quantitative estimate of drug-likeness (QED) is 0.433. The molecular formula is C20H22N2O5. The summed E-state index contributed by atoms with van der Waals surface area (Å²) < 4.78 is 10.7. The SMILES string of the molecule is CCOc1cc(C#N)ccc1OC(=O)CCN1C(=O)[C@H]2CCCC[C@@H]2C1=O. The minimum atomic E-state index is -0.559. The highest BCUT2D eigenvalue weighted by Gasteiger charge is 2.47. The number of fused-ring (bicyclic) bond motifs is 1. The number of imide groups is 1. The van der Waals surface area contributed by atoms with Crippen molar-refractivity contribution in [3.05, 3.63) is 23.8 Å². The van der Waals surface area contributed by atoms with Gasteiger partial charge in [0, 0.05) is 12.6 Å². The van der Waals surface area contributed by atoms with Crippen LogP contribution in [0.3, 0.4) is 0 Å². The van der Waals surface area contributed by atoms with Gasteiger partial charge in [-0.25, -0.2) is 0 Å². The molecule has 0 aromatic heterocycles. The van der Waals surface area contributed by atoms with E-state index in [1.165, 1.54) is 23.1 Å². The average Bonchev–Trinajstić information content (AvgIpc) is 2.92. The third-order valence-corrected chi connectivity index (χ3v) is 5.07. The van der Waals surface area contributed by atoms with Crippen LogP contribution in [-0.4, -0.2) is 35.8 Å². The summed E-state index contributed by atoms with van der Waals surface area (Å²) in [6.45, 7) is 2.18. The number of benzene rings is 1. The van der Waals surface area contributed by atoms with Gasteiger partial charge in [-0.15, -0.1) is 0 Å². The first kappa shape index (κ1) is 18.9. The predicted octanol–water partition coefficient (Wildman–Crippen LogP) is 2.43. The molecule has 2 fully saturated rings. The van der Waals surface area contributed by atoms with E-state index in [1.807, 2.05) is 6.07 Å². The Kier molecular flexibility index (Phi) is 5.75. The van der Waals surface area contributed by atoms with E-state index in [0.717, 1.165) is 25.7 Å². The molecule has 1 aromatic rings. The number of rotatable bonds is 6. The molecule has 1 aliphatic carbocycles. The highest BCUT2D eigenvalue weighted by molar-refractivity contribution is 6.05. The predicted molar refractivity (Wildman–Crippen MR) is 94.7 cm³/mol. The fraction of sp³-hybridized carbons (Fsp3) is 0.500. The summed E-state index contributed by atoms with van der Waals surface area (Å²) in [5.41, 5.74) is 0.397. The van der Waals surface area contributed by atoms with E-state index >= 15 is 0 Å². The van der Waals surface area contributed by atoms with Gasteiger partial charge in [-0.3, -0.25) is 19.3 Å². The molecule has 1 saturated heterocycles. The van der Waals surface area contributed by atoms with Crippen LogP contribution in [0.4, 0.5) is 0 Å². The van der Waals surface area contributed by atoms with E-state index in [0.29, 0.717) is 17.9 Å². The van der Waals surface area contributed by atoms with Gasteiger partial charge in [-0.1, -0.05) is 12.8 Å². The van der Waals surface area contributed by atoms with Crippen molar-refractivity contribution in [3.8, 4) is 17.6 Å². The van der Waals surface area contributed by atoms with Crippen molar-refractivity contribution in [1.82, 2.24) is 4.90 Å². The third kappa shape index (κ3) is 3.95. The minimum Gasteiger partial charge on any atom is -0.490 e. The van der Waals surface area contributed by atoms with E-state index in [9.17, 15) is 14.4 Å². The monoisotopic (exact) mass is 370 g/mol. The second-order valence-corrected chi connectivity index (χ2v) is 6.76. The lowest BCUT2D eigenvalue weighted by atomic mass is 9.81. The zero-order chi connectivity index (χ0) is 19.4. The summed E-state index contributed by atoms with van der Waals surface area (Å²) in [7, 11) is 0. The summed E-state index contributed by atoms with van der Waals surface area (Å²) in [6.07, 6.45) is 3.35. The van der Waals surface area contributed by atoms with E-state index in [1.54, 1.807) is 6.92 Å². The van der Waals surface area contributed by atoms with Gasteiger partial charge in [-0.2, -0.15) is 5.26 Å². The molecule has 27 heavy (non-hydrogen) atoms. The molecule has 3 rings (SSSR count). The molecule has 1 aromatic carbocycles. The molecule has 0 spiro atoms. The molecule has 0 bridgehead atoms. The van der Waals surface area contributed by atoms with Crippen molar-refractivity contribution >= 4 is 17.8 Å². The van der Waals surface area contributed by atoms with Crippen LogP contribution < -0.4 is 9.47 Å². The fourth-order valence-corrected chi connectivity index (χ4v) is 3.76. The number of hydrogen-bond donors (Lipinski definition) is 0. The first-order chi connectivity index (χ1) is 13.0. The number of hydrogen-bond acceptors (Lipinski definition) is 6. The maximum atomic E-state index is 12.4. The molecule has 1 aliphatic heterocycles. The number of ether oxygens (including phenoxy) is 2. The first-order valence-electron chi connectivity index (χ1n) is 9.28. The Hall–Kier alpha value is -2.88. The van der Waals surface area contributed by atoms with Crippen LogP contribution in [0.15, 0.2) is 18.2 Å². The molecule has 2 atom stereocenters. The van der Waals surface area contributed by atoms with Gasteiger partial charge in [-0.05, 0) is 31.9 Å². The molecule has 0 radical (unpaired) electrons. The highest BCUT2D eigenvalue weighted by atomic mass is 16.6. The third-order valence-electron chi connectivity index (χ3n) is 5.07. The molecule has 1 saturated carbocycles. The fourth-order valence-electron chi connectivity index (χ4n) is 3.76. The number of amides is 2. The molecule has 1 heterocycles. The van der Waals surface area contributed by atoms with Crippen molar-refractivity contribution in [2.24, 2.45) is 11.8 Å². The summed E-state index contributed by atoms with van der Waals surface area (Å²) in [4.78, 5) is 38.3. The Balaban J connectivity index is 1.61. The number of carbonyl (C=O) groups excluding carboxylic acids is 3. The number of nitriles is 1. The summed E-state index contributed by atoms with van der Waals surface area (Å²) in [5, 5.41) is 8.96. The molecule has 7 heteroatoms. The Morgan fingerprint density at radius 3 is 2.44 bits per heavy atom. The zero-order valence-corrected chi connectivity index (χ0v) is 15.3. The van der Waals surface area contributed by atoms with E-state index in [4.69, 9.17) is 14.7 Å². The van der Waals surface area contributed by atoms with Crippen LogP contribution in [0.2, 0.25) is 0 Å². The van der Waals surface area contributed by atoms with Crippen molar-refractivity contribution in [2.75, 3.05) is 13.2 Å². The van der Waals surface area contributed by atoms with Gasteiger partial charge < -0.3 is 9.47 Å². The van der Waals surface area contributed by atoms with E-state index in [-0.39, 0.29) is 42.4 Å². The maximum absolute atomic E-state index is 12.4. The van der Waals surface area contributed by atoms with Crippen molar-refractivity contribution < 1.29 is 23.9 Å². The van der Waals surface area contributed by atoms with Gasteiger partial charge in [0.2, 0.25) is 11.8 Å². The Labute approximate surface area is 157 Å². The van der Waals surface area contributed by atoms with Crippen molar-refractivity contribution in [3.63, 3.8) is 0 Å². The van der Waals surface area contributed by atoms with Crippen LogP contribution in [0.25, 0.3) is 0 Å². The molecular weight excluding hydrogens is 348 g/mol. The molecule has 2 aliphatic rings. The summed E-state index contributed by atoms with van der Waals surface area (Å²) in [5.74, 6) is -0.790. The summed E-state index contributed by atoms with van der Waals surface area (Å²) >= 11 is 0. The lowest BCUT2D eigenvalue weighted by Gasteiger charge is -2.19. The van der Waals surface area contributed by atoms with Gasteiger partial charge >= 0.3 is 5.97 Å². The van der Waals surface area contributed by atoms with Crippen LogP contribution in [-0.2, 0) is 14.4 Å². The maximum Gasteiger partial charge on any atom is 0.313 e. The molecule has 0 unspecified atom stereocenters. The number of carbonyl (C=O) groups is 3. The second kappa shape index (κ2) is 8.21. The topological polar surface area (TPSA) is 96.7 Å². The number of nitrogens with zero attached hydrogens (tertiary/aromatic N) is 2. The smallest absolute Gasteiger partial charge is 0.313 e. The summed E-state index contributed by atoms with van der Waals surface area (Å²) in [6, 6.07) is 6.54. The first-order valence-corrected chi connectivity index (χ1v) is 9.28. The minimum absolute atomic E-state index is 0.0315. The largest absolute Gasteiger partial charge is 0.490 e. The van der Waals surface area contributed by atoms with Crippen LogP contribution in [0.5, 0.6) is 11.5 Å². The lowest BCUT2D eigenvalue weighted by molar-refractivity contribution is -0.141. The van der Waals surface area contributed by atoms with Gasteiger partial charge in [0.05, 0.1) is 36.5 Å². The van der Waals surface area contributed by atoms with Gasteiger partial charge in [0.15, 0.2) is 11.5 Å². The Bertz CT molecular complexity index is 774. The van der Waals surface area contributed by atoms with Crippen molar-refractivity contribution in [2.45, 2.75) is 39.0 Å². The molecule has 7 nitrogen and oxygen atoms in total. The van der Waals surface area contributed by atoms with E-state index in [2.05, 4.69) is 0 Å². The Morgan fingerprint density at radius 2 is 1.85 bits per heavy atom. The zero-order valence-electron chi connectivity index (χ0n) is 15.3. The molecule has 2 amide bonds. The van der Waals surface area contributed by atoms with E-state index < -0.39 is 5.97 Å². The number of esters is 1. The molecule has 0 N–H and O–H groups in total. The average molecular weight is 370 g/mol. The van der Waals surface area contributed by atoms with Crippen LogP contribution >= 0.6 is 0 Å². The normalized spacial score (nSPS) is 21.6. The Morgan fingerprint density at radius 1 is 1.19 bits per heavy atom. The van der Waals surface area contributed by atoms with Crippen LogP contribution in [0.1, 0.15) is 44.6 Å². The van der Waals surface area contributed by atoms with Gasteiger partial charge in [0.25, 0.3) is 0 Å². The standard InChI is InChI=1S/C20H22N2O5/c1-2-26-17-11-13(12-21)7-8-16(17)27-18(23)9-10-22-19(24)14-5-3-4-6-15(14)20(22)25/h7-8,11,14-15H,2-6,9-10H2,1H3/t14-,15-/m0/s1. The lowest BCUT2D eigenvalue weighted by Crippen LogP contribution is -2.33. The number of likely N-dealkylation sites (tertiary alicyclic amines) is 1.